The van der Waals surface area contributed by atoms with Gasteiger partial charge in [-0.3, -0.25) is 10.6 Å². The molecule has 1 rings (SSSR count). The van der Waals surface area contributed by atoms with Gasteiger partial charge in [0.15, 0.2) is 0 Å². The van der Waals surface area contributed by atoms with Crippen LogP contribution in [0.15, 0.2) is 0 Å². The lowest BCUT2D eigenvalue weighted by Gasteiger charge is -2.30. The fourth-order valence-corrected chi connectivity index (χ4v) is 0.863. The highest BCUT2D eigenvalue weighted by atomic mass is 16.3. The van der Waals surface area contributed by atoms with Crippen molar-refractivity contribution in [1.29, 1.82) is 0 Å². The average molecular weight is 132 g/mol. The topological polar surface area (TPSA) is 96.3 Å². The highest BCUT2D eigenvalue weighted by Gasteiger charge is 2.19. The summed E-state index contributed by atoms with van der Waals surface area (Å²) in [4.78, 5) is 0. The van der Waals surface area contributed by atoms with Gasteiger partial charge in [-0.15, -0.1) is 0 Å². The van der Waals surface area contributed by atoms with Crippen molar-refractivity contribution in [3.8, 4) is 0 Å². The van der Waals surface area contributed by atoms with E-state index < -0.39 is 6.23 Å². The Morgan fingerprint density at radius 3 is 2.44 bits per heavy atom. The summed E-state index contributed by atoms with van der Waals surface area (Å²) in [6.07, 6.45) is -0.663. The van der Waals surface area contributed by atoms with Crippen molar-refractivity contribution in [2.24, 2.45) is 11.5 Å². The maximum Gasteiger partial charge on any atom is 0.112 e. The second-order valence-corrected chi connectivity index (χ2v) is 2.17. The molecular weight excluding hydrogens is 120 g/mol. The lowest BCUT2D eigenvalue weighted by atomic mass is 10.2. The van der Waals surface area contributed by atoms with E-state index in [0.29, 0.717) is 6.42 Å². The molecule has 1 heterocycles. The molecule has 0 saturated carbocycles. The largest absolute Gasteiger partial charge is 0.378 e. The molecule has 1 aliphatic rings. The van der Waals surface area contributed by atoms with Crippen molar-refractivity contribution in [2.75, 3.05) is 0 Å². The van der Waals surface area contributed by atoms with Crippen LogP contribution in [0.2, 0.25) is 0 Å². The van der Waals surface area contributed by atoms with E-state index in [2.05, 4.69) is 10.6 Å². The van der Waals surface area contributed by atoms with Crippen LogP contribution in [0.1, 0.15) is 6.42 Å². The molecule has 0 spiro atoms. The summed E-state index contributed by atoms with van der Waals surface area (Å²) < 4.78 is 0. The third-order valence-corrected chi connectivity index (χ3v) is 1.24. The average Bonchev–Trinajstić information content (AvgIpc) is 1.59. The highest BCUT2D eigenvalue weighted by Crippen LogP contribution is 1.95. The standard InChI is InChI=1S/C4H12N4O/c5-2-1-3(9)8-4(6)7-2/h2-4,7-9H,1,5-6H2. The van der Waals surface area contributed by atoms with Crippen LogP contribution in [0, 0.1) is 0 Å². The van der Waals surface area contributed by atoms with Gasteiger partial charge in [0.1, 0.15) is 12.5 Å². The zero-order valence-electron chi connectivity index (χ0n) is 5.04. The van der Waals surface area contributed by atoms with Crippen LogP contribution < -0.4 is 22.1 Å². The Morgan fingerprint density at radius 2 is 2.00 bits per heavy atom. The number of aliphatic hydroxyl groups excluding tert-OH is 1. The molecule has 1 fully saturated rings. The lowest BCUT2D eigenvalue weighted by Crippen LogP contribution is -2.64. The smallest absolute Gasteiger partial charge is 0.112 e. The molecule has 0 bridgehead atoms. The van der Waals surface area contributed by atoms with Gasteiger partial charge in [0.05, 0.1) is 6.17 Å². The molecule has 5 nitrogen and oxygen atoms in total. The van der Waals surface area contributed by atoms with Crippen LogP contribution >= 0.6 is 0 Å². The molecule has 9 heavy (non-hydrogen) atoms. The monoisotopic (exact) mass is 132 g/mol. The van der Waals surface area contributed by atoms with E-state index >= 15 is 0 Å². The summed E-state index contributed by atoms with van der Waals surface area (Å²) in [5, 5.41) is 14.4. The Labute approximate surface area is 53.4 Å². The highest BCUT2D eigenvalue weighted by molar-refractivity contribution is 4.74. The molecule has 0 aromatic heterocycles. The van der Waals surface area contributed by atoms with Gasteiger partial charge in [-0.05, 0) is 0 Å². The van der Waals surface area contributed by atoms with E-state index in [1.807, 2.05) is 0 Å². The fourth-order valence-electron chi connectivity index (χ4n) is 0.863. The predicted molar refractivity (Wildman–Crippen MR) is 32.8 cm³/mol. The molecule has 0 aromatic rings. The number of hydrogen-bond acceptors (Lipinski definition) is 5. The summed E-state index contributed by atoms with van der Waals surface area (Å²) in [6, 6.07) is 0. The first-order valence-corrected chi connectivity index (χ1v) is 2.90. The molecule has 0 amide bonds. The van der Waals surface area contributed by atoms with E-state index in [9.17, 15) is 0 Å². The Morgan fingerprint density at radius 1 is 1.33 bits per heavy atom. The van der Waals surface area contributed by atoms with Crippen LogP contribution in [-0.2, 0) is 0 Å². The lowest BCUT2D eigenvalue weighted by molar-refractivity contribution is 0.0628. The van der Waals surface area contributed by atoms with Gasteiger partial charge in [-0.1, -0.05) is 0 Å². The summed E-state index contributed by atoms with van der Waals surface area (Å²) >= 11 is 0. The summed E-state index contributed by atoms with van der Waals surface area (Å²) in [6.45, 7) is 0. The number of hydrogen-bond donors (Lipinski definition) is 5. The van der Waals surface area contributed by atoms with Crippen molar-refractivity contribution < 1.29 is 5.11 Å². The summed E-state index contributed by atoms with van der Waals surface area (Å²) in [7, 11) is 0. The number of nitrogens with two attached hydrogens (primary N) is 2. The second-order valence-electron chi connectivity index (χ2n) is 2.17. The van der Waals surface area contributed by atoms with Crippen molar-refractivity contribution in [1.82, 2.24) is 10.6 Å². The van der Waals surface area contributed by atoms with Gasteiger partial charge in [0.2, 0.25) is 0 Å². The molecule has 0 aliphatic carbocycles. The molecule has 54 valence electrons. The van der Waals surface area contributed by atoms with Crippen LogP contribution in [0.25, 0.3) is 0 Å². The molecule has 3 unspecified atom stereocenters. The molecule has 3 atom stereocenters. The molecule has 7 N–H and O–H groups in total. The molecule has 0 radical (unpaired) electrons. The van der Waals surface area contributed by atoms with E-state index in [1.165, 1.54) is 0 Å². The zero-order chi connectivity index (χ0) is 6.85. The minimum atomic E-state index is -0.573. The zero-order valence-corrected chi connectivity index (χ0v) is 5.04. The minimum absolute atomic E-state index is 0.198. The van der Waals surface area contributed by atoms with Crippen LogP contribution in [0.4, 0.5) is 0 Å². The van der Waals surface area contributed by atoms with Crippen molar-refractivity contribution >= 4 is 0 Å². The Kier molecular flexibility index (Phi) is 1.99. The van der Waals surface area contributed by atoms with Crippen molar-refractivity contribution in [3.05, 3.63) is 0 Å². The van der Waals surface area contributed by atoms with E-state index in [1.54, 1.807) is 0 Å². The van der Waals surface area contributed by atoms with Gasteiger partial charge in [-0.25, -0.2) is 0 Å². The molecule has 1 aliphatic heterocycles. The fraction of sp³-hybridized carbons (Fsp3) is 1.00. The Bertz CT molecular complexity index is 73.5. The number of aliphatic hydroxyl groups is 1. The van der Waals surface area contributed by atoms with Crippen molar-refractivity contribution in [3.63, 3.8) is 0 Å². The van der Waals surface area contributed by atoms with Crippen LogP contribution in [0.5, 0.6) is 0 Å². The maximum absolute atomic E-state index is 8.94. The maximum atomic E-state index is 8.94. The van der Waals surface area contributed by atoms with E-state index in [-0.39, 0.29) is 12.5 Å². The normalized spacial score (nSPS) is 45.0. The van der Waals surface area contributed by atoms with Gasteiger partial charge >= 0.3 is 0 Å². The first-order valence-electron chi connectivity index (χ1n) is 2.90. The first-order chi connectivity index (χ1) is 4.18. The predicted octanol–water partition coefficient (Wildman–Crippen LogP) is -2.59. The van der Waals surface area contributed by atoms with Gasteiger partial charge < -0.3 is 16.6 Å². The van der Waals surface area contributed by atoms with Gasteiger partial charge in [-0.2, -0.15) is 0 Å². The minimum Gasteiger partial charge on any atom is -0.378 e. The number of rotatable bonds is 0. The quantitative estimate of drug-likeness (QED) is 0.249. The molecular formula is C4H12N4O. The Balaban J connectivity index is 2.34. The van der Waals surface area contributed by atoms with Crippen LogP contribution in [0.3, 0.4) is 0 Å². The van der Waals surface area contributed by atoms with Crippen molar-refractivity contribution in [2.45, 2.75) is 25.1 Å². The second kappa shape index (κ2) is 2.59. The summed E-state index contributed by atoms with van der Waals surface area (Å²) in [5.41, 5.74) is 10.8. The third kappa shape index (κ3) is 1.88. The van der Waals surface area contributed by atoms with E-state index in [0.717, 1.165) is 0 Å². The van der Waals surface area contributed by atoms with E-state index in [4.69, 9.17) is 16.6 Å². The van der Waals surface area contributed by atoms with Gasteiger partial charge in [0, 0.05) is 6.42 Å². The third-order valence-electron chi connectivity index (χ3n) is 1.24. The summed E-state index contributed by atoms with van der Waals surface area (Å²) in [5.74, 6) is 0. The molecule has 0 aromatic carbocycles. The SMILES string of the molecule is NC1CC(O)NC(N)N1. The molecule has 5 heteroatoms. The van der Waals surface area contributed by atoms with Gasteiger partial charge in [0.25, 0.3) is 0 Å². The van der Waals surface area contributed by atoms with Crippen LogP contribution in [-0.4, -0.2) is 23.8 Å². The Hall–Kier alpha value is -0.200. The first kappa shape index (κ1) is 6.91. The molecule has 1 saturated heterocycles. The number of nitrogens with one attached hydrogen (secondary N) is 2.